The largest absolute Gasteiger partial charge is 0.346 e. The molecule has 2 heterocycles. The van der Waals surface area contributed by atoms with Crippen LogP contribution in [0.25, 0.3) is 0 Å². The smallest absolute Gasteiger partial charge is 0.324 e. The highest BCUT2D eigenvalue weighted by Gasteiger charge is 2.18. The number of anilines is 1. The van der Waals surface area contributed by atoms with Crippen molar-refractivity contribution in [1.82, 2.24) is 14.3 Å². The maximum atomic E-state index is 12.2. The second-order valence-corrected chi connectivity index (χ2v) is 5.52. The van der Waals surface area contributed by atoms with Crippen molar-refractivity contribution < 1.29 is 4.79 Å². The van der Waals surface area contributed by atoms with Crippen LogP contribution in [0.15, 0.2) is 29.1 Å². The summed E-state index contributed by atoms with van der Waals surface area (Å²) in [7, 11) is 0. The van der Waals surface area contributed by atoms with Gasteiger partial charge in [-0.1, -0.05) is 25.1 Å². The van der Waals surface area contributed by atoms with Crippen LogP contribution in [0.2, 0.25) is 0 Å². The fourth-order valence-electron chi connectivity index (χ4n) is 2.83. The highest BCUT2D eigenvalue weighted by Crippen LogP contribution is 2.15. The summed E-state index contributed by atoms with van der Waals surface area (Å²) < 4.78 is 2.95. The number of aryl methyl sites for hydroxylation is 2. The minimum absolute atomic E-state index is 0.0448. The SMILES string of the molecule is CCc1ccccc1NC(=O)Cn1nc2n(c1=O)CCCC2. The van der Waals surface area contributed by atoms with Crippen molar-refractivity contribution in [2.75, 3.05) is 5.32 Å². The molecule has 0 unspecified atom stereocenters. The average Bonchev–Trinajstić information content (AvgIpc) is 2.84. The summed E-state index contributed by atoms with van der Waals surface area (Å²) in [4.78, 5) is 24.4. The van der Waals surface area contributed by atoms with Gasteiger partial charge in [-0.25, -0.2) is 9.48 Å². The monoisotopic (exact) mass is 300 g/mol. The van der Waals surface area contributed by atoms with E-state index in [-0.39, 0.29) is 18.1 Å². The zero-order valence-corrected chi connectivity index (χ0v) is 12.7. The van der Waals surface area contributed by atoms with Crippen LogP contribution in [0.5, 0.6) is 0 Å². The number of hydrogen-bond donors (Lipinski definition) is 1. The van der Waals surface area contributed by atoms with Gasteiger partial charge in [0.15, 0.2) is 0 Å². The van der Waals surface area contributed by atoms with Gasteiger partial charge in [0.2, 0.25) is 5.91 Å². The van der Waals surface area contributed by atoms with E-state index in [4.69, 9.17) is 0 Å². The molecule has 6 nitrogen and oxygen atoms in total. The second-order valence-electron chi connectivity index (χ2n) is 5.52. The third kappa shape index (κ3) is 2.81. The highest BCUT2D eigenvalue weighted by molar-refractivity contribution is 5.91. The molecule has 6 heteroatoms. The predicted molar refractivity (Wildman–Crippen MR) is 83.9 cm³/mol. The van der Waals surface area contributed by atoms with E-state index < -0.39 is 0 Å². The highest BCUT2D eigenvalue weighted by atomic mass is 16.2. The maximum Gasteiger partial charge on any atom is 0.346 e. The molecule has 1 aromatic carbocycles. The van der Waals surface area contributed by atoms with Crippen molar-refractivity contribution in [2.24, 2.45) is 0 Å². The number of aromatic nitrogens is 3. The molecule has 2 aromatic rings. The number of carbonyl (C=O) groups excluding carboxylic acids is 1. The third-order valence-electron chi connectivity index (χ3n) is 4.00. The molecule has 3 rings (SSSR count). The van der Waals surface area contributed by atoms with E-state index in [1.54, 1.807) is 4.57 Å². The van der Waals surface area contributed by atoms with E-state index in [0.29, 0.717) is 6.54 Å². The van der Waals surface area contributed by atoms with Crippen molar-refractivity contribution in [3.05, 3.63) is 46.1 Å². The fourth-order valence-corrected chi connectivity index (χ4v) is 2.83. The Kier molecular flexibility index (Phi) is 4.09. The summed E-state index contributed by atoms with van der Waals surface area (Å²) >= 11 is 0. The van der Waals surface area contributed by atoms with Gasteiger partial charge in [-0.3, -0.25) is 9.36 Å². The first-order valence-corrected chi connectivity index (χ1v) is 7.73. The lowest BCUT2D eigenvalue weighted by atomic mass is 10.1. The Morgan fingerprint density at radius 3 is 2.91 bits per heavy atom. The van der Waals surface area contributed by atoms with Crippen molar-refractivity contribution in [1.29, 1.82) is 0 Å². The van der Waals surface area contributed by atoms with Gasteiger partial charge < -0.3 is 5.32 Å². The first-order chi connectivity index (χ1) is 10.7. The summed E-state index contributed by atoms with van der Waals surface area (Å²) in [5.74, 6) is 0.566. The predicted octanol–water partition coefficient (Wildman–Crippen LogP) is 1.58. The summed E-state index contributed by atoms with van der Waals surface area (Å²) in [6, 6.07) is 7.69. The fraction of sp³-hybridized carbons (Fsp3) is 0.438. The summed E-state index contributed by atoms with van der Waals surface area (Å²) in [6.07, 6.45) is 3.69. The van der Waals surface area contributed by atoms with Crippen LogP contribution >= 0.6 is 0 Å². The second kappa shape index (κ2) is 6.17. The number of nitrogens with zero attached hydrogens (tertiary/aromatic N) is 3. The Morgan fingerprint density at radius 2 is 2.14 bits per heavy atom. The van der Waals surface area contributed by atoms with E-state index >= 15 is 0 Å². The number of rotatable bonds is 4. The molecule has 0 fully saturated rings. The van der Waals surface area contributed by atoms with Crippen molar-refractivity contribution in [3.63, 3.8) is 0 Å². The topological polar surface area (TPSA) is 68.9 Å². The van der Waals surface area contributed by atoms with Gasteiger partial charge >= 0.3 is 5.69 Å². The van der Waals surface area contributed by atoms with Crippen LogP contribution in [0.1, 0.15) is 31.2 Å². The van der Waals surface area contributed by atoms with E-state index in [1.165, 1.54) is 4.68 Å². The Morgan fingerprint density at radius 1 is 1.32 bits per heavy atom. The van der Waals surface area contributed by atoms with Crippen LogP contribution in [0.4, 0.5) is 5.69 Å². The standard InChI is InChI=1S/C16H20N4O2/c1-2-12-7-3-4-8-13(12)17-15(21)11-20-16(22)19-10-6-5-9-14(19)18-20/h3-4,7-8H,2,5-6,9-11H2,1H3,(H,17,21). The number of amides is 1. The van der Waals surface area contributed by atoms with Crippen LogP contribution in [0.3, 0.4) is 0 Å². The number of hydrogen-bond acceptors (Lipinski definition) is 3. The number of para-hydroxylation sites is 1. The van der Waals surface area contributed by atoms with E-state index in [2.05, 4.69) is 10.4 Å². The van der Waals surface area contributed by atoms with Crippen molar-refractivity contribution in [3.8, 4) is 0 Å². The number of fused-ring (bicyclic) bond motifs is 1. The molecule has 0 atom stereocenters. The van der Waals surface area contributed by atoms with E-state index in [9.17, 15) is 9.59 Å². The minimum Gasteiger partial charge on any atom is -0.324 e. The maximum absolute atomic E-state index is 12.2. The van der Waals surface area contributed by atoms with Crippen molar-refractivity contribution in [2.45, 2.75) is 45.7 Å². The van der Waals surface area contributed by atoms with Gasteiger partial charge in [-0.2, -0.15) is 5.10 Å². The molecule has 0 bridgehead atoms. The Labute approximate surface area is 128 Å². The number of benzene rings is 1. The Hall–Kier alpha value is -2.37. The van der Waals surface area contributed by atoms with Gasteiger partial charge in [0.25, 0.3) is 0 Å². The molecule has 1 N–H and O–H groups in total. The molecule has 0 aliphatic carbocycles. The quantitative estimate of drug-likeness (QED) is 0.932. The molecule has 1 amide bonds. The van der Waals surface area contributed by atoms with E-state index in [0.717, 1.165) is 42.8 Å². The third-order valence-corrected chi connectivity index (χ3v) is 4.00. The van der Waals surface area contributed by atoms with E-state index in [1.807, 2.05) is 31.2 Å². The molecule has 0 spiro atoms. The molecular formula is C16H20N4O2. The van der Waals surface area contributed by atoms with Gasteiger partial charge in [0.1, 0.15) is 12.4 Å². The lowest BCUT2D eigenvalue weighted by Gasteiger charge is -2.09. The normalized spacial score (nSPS) is 13.7. The average molecular weight is 300 g/mol. The molecule has 22 heavy (non-hydrogen) atoms. The van der Waals surface area contributed by atoms with Gasteiger partial charge in [-0.15, -0.1) is 0 Å². The first-order valence-electron chi connectivity index (χ1n) is 7.73. The summed E-state index contributed by atoms with van der Waals surface area (Å²) in [6.45, 7) is 2.70. The first kappa shape index (κ1) is 14.6. The number of nitrogens with one attached hydrogen (secondary N) is 1. The Bertz CT molecular complexity index is 745. The summed E-state index contributed by atoms with van der Waals surface area (Å²) in [5, 5.41) is 7.15. The molecule has 116 valence electrons. The molecule has 0 saturated carbocycles. The molecule has 1 aromatic heterocycles. The van der Waals surface area contributed by atoms with Crippen LogP contribution in [0, 0.1) is 0 Å². The minimum atomic E-state index is -0.224. The zero-order valence-electron chi connectivity index (χ0n) is 12.7. The molecule has 0 radical (unpaired) electrons. The molecule has 1 aliphatic heterocycles. The zero-order chi connectivity index (χ0) is 15.5. The van der Waals surface area contributed by atoms with Crippen LogP contribution in [-0.2, 0) is 30.7 Å². The Balaban J connectivity index is 1.75. The van der Waals surface area contributed by atoms with Gasteiger partial charge in [-0.05, 0) is 30.9 Å². The van der Waals surface area contributed by atoms with Gasteiger partial charge in [0.05, 0.1) is 0 Å². The van der Waals surface area contributed by atoms with Crippen LogP contribution < -0.4 is 11.0 Å². The molecule has 0 saturated heterocycles. The molecular weight excluding hydrogens is 280 g/mol. The van der Waals surface area contributed by atoms with Gasteiger partial charge in [0, 0.05) is 18.7 Å². The van der Waals surface area contributed by atoms with Crippen molar-refractivity contribution >= 4 is 11.6 Å². The lowest BCUT2D eigenvalue weighted by molar-refractivity contribution is -0.117. The molecule has 1 aliphatic rings. The lowest BCUT2D eigenvalue weighted by Crippen LogP contribution is -2.31. The van der Waals surface area contributed by atoms with Crippen LogP contribution in [-0.4, -0.2) is 20.3 Å². The number of carbonyl (C=O) groups is 1. The summed E-state index contributed by atoms with van der Waals surface area (Å²) in [5.41, 5.74) is 1.69.